The summed E-state index contributed by atoms with van der Waals surface area (Å²) < 4.78 is 0. The van der Waals surface area contributed by atoms with Crippen molar-refractivity contribution in [3.05, 3.63) is 66.4 Å². The van der Waals surface area contributed by atoms with Crippen LogP contribution in [0.4, 0.5) is 0 Å². The Morgan fingerprint density at radius 1 is 1.13 bits per heavy atom. The number of benzene rings is 2. The third-order valence-corrected chi connectivity index (χ3v) is 2.27. The van der Waals surface area contributed by atoms with E-state index in [4.69, 9.17) is 0 Å². The van der Waals surface area contributed by atoms with Gasteiger partial charge in [-0.2, -0.15) is 0 Å². The summed E-state index contributed by atoms with van der Waals surface area (Å²) in [5, 5.41) is 2.21. The molecule has 0 heterocycles. The van der Waals surface area contributed by atoms with Crippen molar-refractivity contribution < 1.29 is 4.79 Å². The maximum absolute atomic E-state index is 11.5. The van der Waals surface area contributed by atoms with Gasteiger partial charge in [-0.1, -0.05) is 43.0 Å². The molecule has 1 nitrogen and oxygen atoms in total. The fraction of sp³-hybridized carbons (Fsp3) is 0. The second-order valence-corrected chi connectivity index (χ2v) is 3.27. The summed E-state index contributed by atoms with van der Waals surface area (Å²) in [4.78, 5) is 11.5. The third-order valence-electron chi connectivity index (χ3n) is 2.27. The standard InChI is InChI=1S/C14H10O/c1-2-5-14(15)13-9-8-11-6-3-4-7-12(11)10-13/h3-10H,1H2. The van der Waals surface area contributed by atoms with E-state index in [9.17, 15) is 4.79 Å². The Bertz CT molecular complexity index is 560. The van der Waals surface area contributed by atoms with E-state index in [1.54, 1.807) is 0 Å². The first-order valence-electron chi connectivity index (χ1n) is 4.70. The second-order valence-electron chi connectivity index (χ2n) is 3.27. The lowest BCUT2D eigenvalue weighted by Gasteiger charge is -1.99. The lowest BCUT2D eigenvalue weighted by molar-refractivity contribution is 0.104. The van der Waals surface area contributed by atoms with Crippen LogP contribution in [0.3, 0.4) is 0 Å². The molecule has 0 bridgehead atoms. The lowest BCUT2D eigenvalue weighted by Crippen LogP contribution is -1.92. The summed E-state index contributed by atoms with van der Waals surface area (Å²) in [7, 11) is 0. The van der Waals surface area contributed by atoms with Crippen LogP contribution in [0, 0.1) is 0 Å². The molecule has 0 aliphatic rings. The van der Waals surface area contributed by atoms with Crippen molar-refractivity contribution in [2.45, 2.75) is 0 Å². The predicted octanol–water partition coefficient (Wildman–Crippen LogP) is 3.36. The number of rotatable bonds is 2. The molecule has 0 amide bonds. The Morgan fingerprint density at radius 3 is 2.60 bits per heavy atom. The molecule has 15 heavy (non-hydrogen) atoms. The van der Waals surface area contributed by atoms with Gasteiger partial charge in [0.1, 0.15) is 0 Å². The van der Waals surface area contributed by atoms with Crippen molar-refractivity contribution in [2.24, 2.45) is 0 Å². The van der Waals surface area contributed by atoms with Crippen molar-refractivity contribution in [3.8, 4) is 0 Å². The minimum absolute atomic E-state index is 0.0595. The Morgan fingerprint density at radius 2 is 1.87 bits per heavy atom. The molecule has 72 valence electrons. The van der Waals surface area contributed by atoms with Gasteiger partial charge in [0.15, 0.2) is 5.78 Å². The summed E-state index contributed by atoms with van der Waals surface area (Å²) >= 11 is 0. The molecule has 2 rings (SSSR count). The van der Waals surface area contributed by atoms with Gasteiger partial charge >= 0.3 is 0 Å². The van der Waals surface area contributed by atoms with E-state index in [-0.39, 0.29) is 5.78 Å². The van der Waals surface area contributed by atoms with Gasteiger partial charge in [0, 0.05) is 11.6 Å². The van der Waals surface area contributed by atoms with Crippen LogP contribution in [0.5, 0.6) is 0 Å². The highest BCUT2D eigenvalue weighted by Crippen LogP contribution is 2.15. The van der Waals surface area contributed by atoms with Crippen LogP contribution in [-0.2, 0) is 0 Å². The second kappa shape index (κ2) is 3.95. The van der Waals surface area contributed by atoms with Crippen molar-refractivity contribution >= 4 is 16.6 Å². The average molecular weight is 194 g/mol. The van der Waals surface area contributed by atoms with Crippen LogP contribution < -0.4 is 0 Å². The first-order valence-corrected chi connectivity index (χ1v) is 4.70. The number of carbonyl (C=O) groups is 1. The summed E-state index contributed by atoms with van der Waals surface area (Å²) in [6, 6.07) is 13.6. The molecule has 0 saturated heterocycles. The molecule has 0 fully saturated rings. The fourth-order valence-electron chi connectivity index (χ4n) is 1.52. The number of hydrogen-bond acceptors (Lipinski definition) is 1. The van der Waals surface area contributed by atoms with Gasteiger partial charge in [-0.3, -0.25) is 4.79 Å². The zero-order valence-corrected chi connectivity index (χ0v) is 8.23. The van der Waals surface area contributed by atoms with Gasteiger partial charge in [0.2, 0.25) is 0 Å². The fourth-order valence-corrected chi connectivity index (χ4v) is 1.52. The highest BCUT2D eigenvalue weighted by atomic mass is 16.1. The lowest BCUT2D eigenvalue weighted by atomic mass is 10.0. The van der Waals surface area contributed by atoms with Crippen molar-refractivity contribution in [1.82, 2.24) is 0 Å². The number of fused-ring (bicyclic) bond motifs is 1. The van der Waals surface area contributed by atoms with E-state index >= 15 is 0 Å². The maximum atomic E-state index is 11.5. The largest absolute Gasteiger partial charge is 0.289 e. The Kier molecular flexibility index (Phi) is 2.49. The molecule has 0 unspecified atom stereocenters. The first-order chi connectivity index (χ1) is 7.31. The van der Waals surface area contributed by atoms with E-state index in [1.165, 1.54) is 6.08 Å². The summed E-state index contributed by atoms with van der Waals surface area (Å²) in [6.07, 6.45) is 1.35. The normalized spacial score (nSPS) is 9.60. The highest BCUT2D eigenvalue weighted by Gasteiger charge is 2.01. The van der Waals surface area contributed by atoms with E-state index in [0.717, 1.165) is 10.8 Å². The van der Waals surface area contributed by atoms with Crippen molar-refractivity contribution in [2.75, 3.05) is 0 Å². The van der Waals surface area contributed by atoms with E-state index < -0.39 is 0 Å². The minimum Gasteiger partial charge on any atom is -0.289 e. The van der Waals surface area contributed by atoms with Crippen LogP contribution in [0.25, 0.3) is 10.8 Å². The Hall–Kier alpha value is -2.11. The van der Waals surface area contributed by atoms with Gasteiger partial charge in [-0.25, -0.2) is 0 Å². The Balaban J connectivity index is 2.56. The van der Waals surface area contributed by atoms with E-state index in [1.807, 2.05) is 42.5 Å². The van der Waals surface area contributed by atoms with Gasteiger partial charge in [0.25, 0.3) is 0 Å². The molecule has 0 spiro atoms. The van der Waals surface area contributed by atoms with Gasteiger partial charge < -0.3 is 0 Å². The summed E-state index contributed by atoms with van der Waals surface area (Å²) in [5.74, 6) is -0.0595. The molecule has 0 aliphatic carbocycles. The van der Waals surface area contributed by atoms with Gasteiger partial charge in [-0.15, -0.1) is 5.73 Å². The van der Waals surface area contributed by atoms with Crippen LogP contribution >= 0.6 is 0 Å². The van der Waals surface area contributed by atoms with Crippen LogP contribution in [0.2, 0.25) is 0 Å². The molecular weight excluding hydrogens is 184 g/mol. The van der Waals surface area contributed by atoms with Crippen LogP contribution in [0.15, 0.2) is 60.9 Å². The number of allylic oxidation sites excluding steroid dienone is 1. The van der Waals surface area contributed by atoms with Gasteiger partial charge in [0.05, 0.1) is 0 Å². The van der Waals surface area contributed by atoms with Crippen LogP contribution in [-0.4, -0.2) is 5.78 Å². The molecule has 1 heteroatoms. The molecule has 0 N–H and O–H groups in total. The number of hydrogen-bond donors (Lipinski definition) is 0. The van der Waals surface area contributed by atoms with E-state index in [2.05, 4.69) is 12.3 Å². The molecular formula is C14H10O. The molecule has 0 radical (unpaired) electrons. The molecule has 2 aromatic carbocycles. The third kappa shape index (κ3) is 1.88. The SMILES string of the molecule is C=C=CC(=O)c1ccc2ccccc2c1. The molecule has 0 aromatic heterocycles. The first kappa shape index (κ1) is 9.45. The highest BCUT2D eigenvalue weighted by molar-refractivity contribution is 6.06. The van der Waals surface area contributed by atoms with Crippen molar-refractivity contribution in [3.63, 3.8) is 0 Å². The van der Waals surface area contributed by atoms with Gasteiger partial charge in [-0.05, 0) is 16.8 Å². The molecule has 0 saturated carbocycles. The number of carbonyl (C=O) groups excluding carboxylic acids is 1. The quantitative estimate of drug-likeness (QED) is 0.407. The smallest absolute Gasteiger partial charge is 0.193 e. The zero-order chi connectivity index (χ0) is 10.7. The molecule has 2 aromatic rings. The maximum Gasteiger partial charge on any atom is 0.193 e. The topological polar surface area (TPSA) is 17.1 Å². The average Bonchev–Trinajstić information content (AvgIpc) is 2.29. The zero-order valence-electron chi connectivity index (χ0n) is 8.23. The predicted molar refractivity (Wildman–Crippen MR) is 62.0 cm³/mol. The monoisotopic (exact) mass is 194 g/mol. The minimum atomic E-state index is -0.0595. The van der Waals surface area contributed by atoms with Crippen LogP contribution in [0.1, 0.15) is 10.4 Å². The van der Waals surface area contributed by atoms with Crippen molar-refractivity contribution in [1.29, 1.82) is 0 Å². The Labute approximate surface area is 88.4 Å². The number of ketones is 1. The summed E-state index contributed by atoms with van der Waals surface area (Å²) in [6.45, 7) is 3.39. The van der Waals surface area contributed by atoms with E-state index in [0.29, 0.717) is 5.56 Å². The molecule has 0 atom stereocenters. The molecule has 0 aliphatic heterocycles. The summed E-state index contributed by atoms with van der Waals surface area (Å²) in [5.41, 5.74) is 3.16.